The Balaban J connectivity index is 2.44. The lowest BCUT2D eigenvalue weighted by molar-refractivity contribution is -0.134. The molecule has 1 atom stereocenters. The van der Waals surface area contributed by atoms with Crippen LogP contribution < -0.4 is 0 Å². The van der Waals surface area contributed by atoms with Crippen LogP contribution in [0.3, 0.4) is 0 Å². The topological polar surface area (TPSA) is 110 Å². The SMILES string of the molecule is O=C1CO[C@H](COP(=O)(O)O)C1=O. The zero-order valence-corrected chi connectivity index (χ0v) is 7.27. The van der Waals surface area contributed by atoms with Crippen LogP contribution >= 0.6 is 7.82 Å². The number of hydrogen-bond acceptors (Lipinski definition) is 5. The molecule has 1 aliphatic heterocycles. The number of Topliss-reactive ketones (excluding diaryl/α,β-unsaturated/α-hetero) is 2. The first-order chi connectivity index (χ1) is 5.90. The summed E-state index contributed by atoms with van der Waals surface area (Å²) in [4.78, 5) is 37.9. The van der Waals surface area contributed by atoms with E-state index in [1.165, 1.54) is 0 Å². The van der Waals surface area contributed by atoms with E-state index in [4.69, 9.17) is 9.79 Å². The maximum absolute atomic E-state index is 10.8. The van der Waals surface area contributed by atoms with E-state index in [2.05, 4.69) is 9.26 Å². The van der Waals surface area contributed by atoms with Crippen molar-refractivity contribution in [1.82, 2.24) is 0 Å². The predicted molar refractivity (Wildman–Crippen MR) is 37.8 cm³/mol. The molecule has 0 amide bonds. The lowest BCUT2D eigenvalue weighted by Crippen LogP contribution is -2.24. The molecule has 2 N–H and O–H groups in total. The van der Waals surface area contributed by atoms with Gasteiger partial charge in [-0.15, -0.1) is 0 Å². The van der Waals surface area contributed by atoms with Gasteiger partial charge in [0.15, 0.2) is 0 Å². The summed E-state index contributed by atoms with van der Waals surface area (Å²) >= 11 is 0. The monoisotopic (exact) mass is 210 g/mol. The second kappa shape index (κ2) is 3.65. The van der Waals surface area contributed by atoms with Gasteiger partial charge in [0, 0.05) is 0 Å². The Labute approximate surface area is 72.9 Å². The van der Waals surface area contributed by atoms with Crippen molar-refractivity contribution in [2.24, 2.45) is 0 Å². The highest BCUT2D eigenvalue weighted by Crippen LogP contribution is 2.36. The number of phosphoric ester groups is 1. The number of carbonyl (C=O) groups excluding carboxylic acids is 2. The molecule has 0 aromatic rings. The zero-order chi connectivity index (χ0) is 10.1. The lowest BCUT2D eigenvalue weighted by atomic mass is 10.2. The first-order valence-electron chi connectivity index (χ1n) is 3.29. The Kier molecular flexibility index (Phi) is 2.94. The van der Waals surface area contributed by atoms with Crippen LogP contribution in [-0.2, 0) is 23.4 Å². The molecule has 0 unspecified atom stereocenters. The van der Waals surface area contributed by atoms with Gasteiger partial charge in [-0.1, -0.05) is 0 Å². The fraction of sp³-hybridized carbons (Fsp3) is 0.600. The quantitative estimate of drug-likeness (QED) is 0.436. The summed E-state index contributed by atoms with van der Waals surface area (Å²) in [5, 5.41) is 0. The van der Waals surface area contributed by atoms with E-state index in [1.54, 1.807) is 0 Å². The van der Waals surface area contributed by atoms with Gasteiger partial charge < -0.3 is 14.5 Å². The lowest BCUT2D eigenvalue weighted by Gasteiger charge is -2.08. The average Bonchev–Trinajstić information content (AvgIpc) is 2.29. The van der Waals surface area contributed by atoms with Gasteiger partial charge in [-0.3, -0.25) is 14.1 Å². The van der Waals surface area contributed by atoms with Gasteiger partial charge in [0.2, 0.25) is 11.6 Å². The molecule has 0 bridgehead atoms. The molecule has 1 aliphatic rings. The standard InChI is InChI=1S/C5H7O7P/c6-3-1-11-4(5(3)7)2-12-13(8,9)10/h4H,1-2H2,(H2,8,9,10)/t4-/m1/s1. The largest absolute Gasteiger partial charge is 0.469 e. The van der Waals surface area contributed by atoms with Gasteiger partial charge in [0.1, 0.15) is 12.7 Å². The summed E-state index contributed by atoms with van der Waals surface area (Å²) in [7, 11) is -4.61. The van der Waals surface area contributed by atoms with E-state index in [0.29, 0.717) is 0 Å². The average molecular weight is 210 g/mol. The summed E-state index contributed by atoms with van der Waals surface area (Å²) in [6.45, 7) is -0.955. The molecule has 0 aromatic carbocycles. The molecule has 0 aromatic heterocycles. The van der Waals surface area contributed by atoms with Crippen molar-refractivity contribution >= 4 is 19.4 Å². The molecule has 7 nitrogen and oxygen atoms in total. The van der Waals surface area contributed by atoms with E-state index in [0.717, 1.165) is 0 Å². The first kappa shape index (κ1) is 10.5. The fourth-order valence-corrected chi connectivity index (χ4v) is 1.12. The van der Waals surface area contributed by atoms with Gasteiger partial charge >= 0.3 is 7.82 Å². The van der Waals surface area contributed by atoms with Gasteiger partial charge in [-0.2, -0.15) is 0 Å². The number of hydrogen-bond donors (Lipinski definition) is 2. The predicted octanol–water partition coefficient (Wildman–Crippen LogP) is -1.37. The number of rotatable bonds is 3. The molecule has 1 heterocycles. The molecule has 13 heavy (non-hydrogen) atoms. The van der Waals surface area contributed by atoms with Crippen molar-refractivity contribution in [2.75, 3.05) is 13.2 Å². The fourth-order valence-electron chi connectivity index (χ4n) is 0.791. The van der Waals surface area contributed by atoms with E-state index in [-0.39, 0.29) is 6.61 Å². The summed E-state index contributed by atoms with van der Waals surface area (Å²) in [5.41, 5.74) is 0. The van der Waals surface area contributed by atoms with Crippen LogP contribution in [0, 0.1) is 0 Å². The van der Waals surface area contributed by atoms with Gasteiger partial charge in [-0.05, 0) is 0 Å². The minimum Gasteiger partial charge on any atom is -0.359 e. The maximum atomic E-state index is 10.8. The summed E-state index contributed by atoms with van der Waals surface area (Å²) < 4.78 is 18.8. The molecule has 1 rings (SSSR count). The Morgan fingerprint density at radius 2 is 2.15 bits per heavy atom. The van der Waals surface area contributed by atoms with Crippen molar-refractivity contribution < 1.29 is 33.2 Å². The number of ether oxygens (including phenoxy) is 1. The van der Waals surface area contributed by atoms with Crippen LogP contribution in [0.4, 0.5) is 0 Å². The Morgan fingerprint density at radius 3 is 2.54 bits per heavy atom. The molecular formula is C5H7O7P. The molecule has 0 spiro atoms. The number of phosphoric acid groups is 1. The van der Waals surface area contributed by atoms with Crippen molar-refractivity contribution in [2.45, 2.75) is 6.10 Å². The molecule has 0 radical (unpaired) electrons. The minimum atomic E-state index is -4.61. The van der Waals surface area contributed by atoms with Gasteiger partial charge in [0.25, 0.3) is 0 Å². The van der Waals surface area contributed by atoms with Crippen LogP contribution in [0.5, 0.6) is 0 Å². The molecule has 8 heteroatoms. The molecule has 74 valence electrons. The molecular weight excluding hydrogens is 203 g/mol. The highest BCUT2D eigenvalue weighted by atomic mass is 31.2. The van der Waals surface area contributed by atoms with E-state index < -0.39 is 32.1 Å². The highest BCUT2D eigenvalue weighted by Gasteiger charge is 2.35. The zero-order valence-electron chi connectivity index (χ0n) is 6.37. The third-order valence-electron chi connectivity index (χ3n) is 1.38. The maximum Gasteiger partial charge on any atom is 0.469 e. The normalized spacial score (nSPS) is 24.0. The van der Waals surface area contributed by atoms with E-state index >= 15 is 0 Å². The second-order valence-electron chi connectivity index (χ2n) is 2.37. The van der Waals surface area contributed by atoms with Crippen molar-refractivity contribution in [1.29, 1.82) is 0 Å². The van der Waals surface area contributed by atoms with Gasteiger partial charge in [-0.25, -0.2) is 4.57 Å². The molecule has 1 saturated heterocycles. The third-order valence-corrected chi connectivity index (χ3v) is 1.86. The highest BCUT2D eigenvalue weighted by molar-refractivity contribution is 7.46. The van der Waals surface area contributed by atoms with Crippen LogP contribution in [0.15, 0.2) is 0 Å². The Morgan fingerprint density at radius 1 is 1.54 bits per heavy atom. The first-order valence-corrected chi connectivity index (χ1v) is 4.82. The van der Waals surface area contributed by atoms with Crippen molar-refractivity contribution in [3.8, 4) is 0 Å². The minimum absolute atomic E-state index is 0.353. The summed E-state index contributed by atoms with van der Waals surface area (Å²) in [5.74, 6) is -1.52. The second-order valence-corrected chi connectivity index (χ2v) is 3.61. The van der Waals surface area contributed by atoms with E-state index in [9.17, 15) is 14.2 Å². The molecule has 0 saturated carbocycles. The Bertz CT molecular complexity index is 279. The number of carbonyl (C=O) groups is 2. The van der Waals surface area contributed by atoms with Crippen LogP contribution in [0.2, 0.25) is 0 Å². The number of ketones is 2. The summed E-state index contributed by atoms with van der Waals surface area (Å²) in [6.07, 6.45) is -1.18. The van der Waals surface area contributed by atoms with Crippen LogP contribution in [0.1, 0.15) is 0 Å². The van der Waals surface area contributed by atoms with Crippen LogP contribution in [0.25, 0.3) is 0 Å². The smallest absolute Gasteiger partial charge is 0.359 e. The van der Waals surface area contributed by atoms with Crippen LogP contribution in [-0.4, -0.2) is 40.7 Å². The van der Waals surface area contributed by atoms with E-state index in [1.807, 2.05) is 0 Å². The molecule has 1 fully saturated rings. The third kappa shape index (κ3) is 2.98. The van der Waals surface area contributed by atoms with Gasteiger partial charge in [0.05, 0.1) is 6.61 Å². The Hall–Kier alpha value is -0.590. The molecule has 0 aliphatic carbocycles. The summed E-state index contributed by atoms with van der Waals surface area (Å²) in [6, 6.07) is 0. The van der Waals surface area contributed by atoms with Crippen molar-refractivity contribution in [3.05, 3.63) is 0 Å². The van der Waals surface area contributed by atoms with Crippen molar-refractivity contribution in [3.63, 3.8) is 0 Å².